The lowest BCUT2D eigenvalue weighted by molar-refractivity contribution is 0.811. The average molecular weight is 1010 g/mol. The van der Waals surface area contributed by atoms with Crippen LogP contribution in [-0.2, 0) is 0 Å². The van der Waals surface area contributed by atoms with Gasteiger partial charge in [-0.2, -0.15) is 0 Å². The monoisotopic (exact) mass is 1010 g/mol. The lowest BCUT2D eigenvalue weighted by Crippen LogP contribution is -2.54. The molecule has 380 valence electrons. The van der Waals surface area contributed by atoms with E-state index >= 15 is 0 Å². The van der Waals surface area contributed by atoms with Crippen molar-refractivity contribution >= 4 is 68.9 Å². The van der Waals surface area contributed by atoms with Gasteiger partial charge < -0.3 is 0 Å². The Morgan fingerprint density at radius 3 is 0.944 bits per heavy atom. The first-order valence-corrected chi connectivity index (χ1v) is 30.5. The number of rotatable bonds is 16. The molecule has 0 saturated carbocycles. The summed E-state index contributed by atoms with van der Waals surface area (Å²) in [4.78, 5) is 4.05. The molecule has 0 aliphatic heterocycles. The second-order valence-corrected chi connectivity index (χ2v) is 28.3. The maximum Gasteiger partial charge on any atom is 0.255 e. The van der Waals surface area contributed by atoms with Crippen molar-refractivity contribution in [2.75, 3.05) is 0 Å². The summed E-state index contributed by atoms with van der Waals surface area (Å²) in [5.41, 5.74) is 24.6. The molecule has 2 heterocycles. The minimum absolute atomic E-state index is 0.178. The number of aryl methyl sites for hydroxylation is 6. The Labute approximate surface area is 448 Å². The highest BCUT2D eigenvalue weighted by atomic mass is 32.1. The lowest BCUT2D eigenvalue weighted by atomic mass is 9.37. The second kappa shape index (κ2) is 22.5. The van der Waals surface area contributed by atoms with Crippen LogP contribution in [0.2, 0.25) is 0 Å². The maximum atomic E-state index is 2.64. The zero-order valence-corrected chi connectivity index (χ0v) is 51.1. The van der Waals surface area contributed by atoms with Crippen LogP contribution < -0.4 is 31.6 Å². The molecule has 0 spiro atoms. The van der Waals surface area contributed by atoms with Crippen LogP contribution in [0.15, 0.2) is 84.9 Å². The van der Waals surface area contributed by atoms with Crippen molar-refractivity contribution in [3.05, 3.63) is 163 Å². The van der Waals surface area contributed by atoms with Crippen molar-refractivity contribution in [3.8, 4) is 20.2 Å². The average Bonchev–Trinajstić information content (AvgIpc) is 3.98. The summed E-state index contributed by atoms with van der Waals surface area (Å²) >= 11 is 3.96. The Morgan fingerprint density at radius 1 is 0.333 bits per heavy atom. The Balaban J connectivity index is 1.49. The first-order valence-electron chi connectivity index (χ1n) is 27.5. The van der Waals surface area contributed by atoms with E-state index in [1.165, 1.54) is 91.5 Å². The largest absolute Gasteiger partial charge is 0.255 e. The Kier molecular flexibility index (Phi) is 17.4. The SMILES string of the molecule is Cc1cc(C)c(B(c2ccc(-c3ccc(-c4cc(C(C)C)c(P(c5c(C(C)C)cc(C(C)C)cc5C(C)C)c5c(C(C)C)cc(C(C)C)cc5C(C)C)c(C(C)C)c4)s3)s2)c2c(C)cc(C)cc2C)c(C)c1. The predicted molar refractivity (Wildman–Crippen MR) is 330 cm³/mol. The molecule has 0 N–H and O–H groups in total. The van der Waals surface area contributed by atoms with Gasteiger partial charge >= 0.3 is 0 Å². The number of benzene rings is 5. The summed E-state index contributed by atoms with van der Waals surface area (Å²) in [5, 5.41) is 4.85. The van der Waals surface area contributed by atoms with E-state index in [-0.39, 0.29) is 6.71 Å². The molecule has 0 nitrogen and oxygen atoms in total. The first kappa shape index (κ1) is 55.7. The number of hydrogen-bond donors (Lipinski definition) is 0. The van der Waals surface area contributed by atoms with Gasteiger partial charge in [0.25, 0.3) is 6.71 Å². The molecule has 5 aromatic carbocycles. The van der Waals surface area contributed by atoms with Gasteiger partial charge in [0.15, 0.2) is 0 Å². The van der Waals surface area contributed by atoms with Crippen LogP contribution >= 0.6 is 30.6 Å². The Hall–Kier alpha value is -4.01. The summed E-state index contributed by atoms with van der Waals surface area (Å²) in [6, 6.07) is 34.9. The van der Waals surface area contributed by atoms with Gasteiger partial charge in [0.2, 0.25) is 0 Å². The van der Waals surface area contributed by atoms with Gasteiger partial charge in [0.05, 0.1) is 0 Å². The molecule has 7 rings (SSSR count). The highest BCUT2D eigenvalue weighted by Gasteiger charge is 2.36. The van der Waals surface area contributed by atoms with Crippen molar-refractivity contribution < 1.29 is 0 Å². The molecule has 0 amide bonds. The predicted octanol–water partition coefficient (Wildman–Crippen LogP) is 18.3. The Morgan fingerprint density at radius 2 is 0.625 bits per heavy atom. The van der Waals surface area contributed by atoms with Crippen molar-refractivity contribution in [1.82, 2.24) is 0 Å². The van der Waals surface area contributed by atoms with Crippen LogP contribution in [0.1, 0.15) is 236 Å². The third-order valence-corrected chi connectivity index (χ3v) is 20.8. The third-order valence-electron chi connectivity index (χ3n) is 15.4. The molecule has 2 aromatic heterocycles. The van der Waals surface area contributed by atoms with Gasteiger partial charge in [-0.15, -0.1) is 22.7 Å². The van der Waals surface area contributed by atoms with Crippen molar-refractivity contribution in [3.63, 3.8) is 0 Å². The van der Waals surface area contributed by atoms with E-state index in [1.54, 1.807) is 38.2 Å². The van der Waals surface area contributed by atoms with Crippen molar-refractivity contribution in [2.45, 2.75) is 200 Å². The molecule has 0 unspecified atom stereocenters. The van der Waals surface area contributed by atoms with Gasteiger partial charge in [0, 0.05) is 14.6 Å². The van der Waals surface area contributed by atoms with Crippen LogP contribution in [-0.4, -0.2) is 6.71 Å². The molecule has 0 aliphatic carbocycles. The number of thiophene rings is 2. The molecular formula is C68H88BPS2. The minimum atomic E-state index is -0.992. The molecule has 0 aliphatic rings. The molecular weight excluding hydrogens is 923 g/mol. The smallest absolute Gasteiger partial charge is 0.148 e. The first-order chi connectivity index (χ1) is 33.8. The topological polar surface area (TPSA) is 0 Å². The summed E-state index contributed by atoms with van der Waals surface area (Å²) in [6.45, 7) is 52.8. The highest BCUT2D eigenvalue weighted by molar-refractivity contribution is 7.80. The van der Waals surface area contributed by atoms with E-state index in [2.05, 4.69) is 237 Å². The summed E-state index contributed by atoms with van der Waals surface area (Å²) in [6.07, 6.45) is 0. The molecule has 4 heteroatoms. The fourth-order valence-corrected chi connectivity index (χ4v) is 18.0. The van der Waals surface area contributed by atoms with Crippen molar-refractivity contribution in [1.29, 1.82) is 0 Å². The second-order valence-electron chi connectivity index (χ2n) is 24.1. The van der Waals surface area contributed by atoms with Crippen LogP contribution in [0.3, 0.4) is 0 Å². The van der Waals surface area contributed by atoms with E-state index in [4.69, 9.17) is 0 Å². The molecule has 0 bridgehead atoms. The quantitative estimate of drug-likeness (QED) is 0.0668. The normalized spacial score (nSPS) is 12.3. The standard InChI is InChI=1S/C68H88BPS2/c1-37(2)51-31-54(39(5)6)66(55(32-51)40(7)8)70(67-56(41(9)10)33-52(38(3)4)34-57(67)42(11)12)68-58(43(13)14)35-53(36-59(68)44(15)16)60-23-24-61(71-60)62-25-26-63(72-62)69(64-47(19)27-45(17)28-48(64)20)65-49(21)29-46(18)30-50(65)22/h23-44H,1-22H3. The fourth-order valence-electron chi connectivity index (χ4n) is 11.6. The molecule has 0 atom stereocenters. The molecule has 0 saturated heterocycles. The third kappa shape index (κ3) is 11.2. The molecule has 72 heavy (non-hydrogen) atoms. The minimum Gasteiger partial charge on any atom is -0.148 e. The van der Waals surface area contributed by atoms with Crippen LogP contribution in [0.25, 0.3) is 20.2 Å². The zero-order chi connectivity index (χ0) is 52.9. The lowest BCUT2D eigenvalue weighted by Gasteiger charge is -2.37. The van der Waals surface area contributed by atoms with E-state index in [9.17, 15) is 0 Å². The van der Waals surface area contributed by atoms with E-state index in [1.807, 2.05) is 22.7 Å². The van der Waals surface area contributed by atoms with Gasteiger partial charge in [-0.05, 0) is 198 Å². The summed E-state index contributed by atoms with van der Waals surface area (Å²) < 4.78 is 1.41. The Bertz CT molecular complexity index is 2800. The van der Waals surface area contributed by atoms with Crippen molar-refractivity contribution in [2.24, 2.45) is 0 Å². The van der Waals surface area contributed by atoms with Crippen LogP contribution in [0.4, 0.5) is 0 Å². The fraction of sp³-hybridized carbons (Fsp3) is 0.441. The van der Waals surface area contributed by atoms with Gasteiger partial charge in [-0.1, -0.05) is 210 Å². The summed E-state index contributed by atoms with van der Waals surface area (Å²) in [5.74, 6) is 3.13. The van der Waals surface area contributed by atoms with Crippen LogP contribution in [0, 0.1) is 41.5 Å². The van der Waals surface area contributed by atoms with Crippen LogP contribution in [0.5, 0.6) is 0 Å². The van der Waals surface area contributed by atoms with E-state index in [0.717, 1.165) is 0 Å². The summed E-state index contributed by atoms with van der Waals surface area (Å²) in [7, 11) is -0.992. The van der Waals surface area contributed by atoms with E-state index < -0.39 is 7.92 Å². The number of hydrogen-bond acceptors (Lipinski definition) is 2. The van der Waals surface area contributed by atoms with Gasteiger partial charge in [-0.25, -0.2) is 0 Å². The molecule has 0 radical (unpaired) electrons. The molecule has 7 aromatic rings. The zero-order valence-electron chi connectivity index (χ0n) is 48.5. The molecule has 0 fully saturated rings. The van der Waals surface area contributed by atoms with E-state index in [0.29, 0.717) is 47.3 Å². The highest BCUT2D eigenvalue weighted by Crippen LogP contribution is 2.49. The van der Waals surface area contributed by atoms with Gasteiger partial charge in [-0.3, -0.25) is 0 Å². The van der Waals surface area contributed by atoms with Gasteiger partial charge in [0.1, 0.15) is 0 Å². The maximum absolute atomic E-state index is 2.64.